The number of nitrogens with zero attached hydrogens (tertiary/aromatic N) is 2. The fourth-order valence-electron chi connectivity index (χ4n) is 3.41. The molecule has 1 heterocycles. The minimum Gasteiger partial charge on any atom is -0.495 e. The Morgan fingerprint density at radius 1 is 1.03 bits per heavy atom. The Kier molecular flexibility index (Phi) is 6.47. The summed E-state index contributed by atoms with van der Waals surface area (Å²) in [4.78, 5) is 16.9. The first-order valence-electron chi connectivity index (χ1n) is 10.3. The number of ether oxygens (including phenoxy) is 1. The van der Waals surface area contributed by atoms with Gasteiger partial charge in [-0.25, -0.2) is 17.8 Å². The number of hydrogen-bond acceptors (Lipinski definition) is 5. The Balaban J connectivity index is 1.74. The van der Waals surface area contributed by atoms with Crippen LogP contribution in [0, 0.1) is 12.7 Å². The van der Waals surface area contributed by atoms with E-state index in [1.54, 1.807) is 30.5 Å². The number of rotatable bonds is 7. The van der Waals surface area contributed by atoms with Gasteiger partial charge in [-0.1, -0.05) is 42.0 Å². The van der Waals surface area contributed by atoms with E-state index >= 15 is 0 Å². The number of carbonyl (C=O) groups is 1. The van der Waals surface area contributed by atoms with Crippen molar-refractivity contribution in [1.82, 2.24) is 9.55 Å². The second kappa shape index (κ2) is 9.48. The van der Waals surface area contributed by atoms with Crippen molar-refractivity contribution in [3.05, 3.63) is 90.4 Å². The van der Waals surface area contributed by atoms with Crippen LogP contribution in [0.3, 0.4) is 0 Å². The van der Waals surface area contributed by atoms with Crippen LogP contribution >= 0.6 is 0 Å². The summed E-state index contributed by atoms with van der Waals surface area (Å²) in [7, 11) is -2.69. The van der Waals surface area contributed by atoms with E-state index in [0.717, 1.165) is 11.1 Å². The normalized spacial score (nSPS) is 11.3. The van der Waals surface area contributed by atoms with Crippen molar-refractivity contribution >= 4 is 21.4 Å². The lowest BCUT2D eigenvalue weighted by molar-refractivity contribution is -0.113. The van der Waals surface area contributed by atoms with Gasteiger partial charge in [0, 0.05) is 17.4 Å². The van der Waals surface area contributed by atoms with E-state index < -0.39 is 27.3 Å². The summed E-state index contributed by atoms with van der Waals surface area (Å²) in [6.07, 6.45) is 1.60. The third kappa shape index (κ3) is 4.99. The van der Waals surface area contributed by atoms with Gasteiger partial charge in [-0.05, 0) is 43.3 Å². The highest BCUT2D eigenvalue weighted by Crippen LogP contribution is 2.29. The van der Waals surface area contributed by atoms with Crippen LogP contribution in [-0.2, 0) is 14.6 Å². The van der Waals surface area contributed by atoms with Crippen molar-refractivity contribution in [2.45, 2.75) is 12.1 Å². The topological polar surface area (TPSA) is 90.3 Å². The molecule has 7 nitrogen and oxygen atoms in total. The third-order valence-corrected chi connectivity index (χ3v) is 6.58. The number of aromatic nitrogens is 2. The molecule has 0 aliphatic carbocycles. The van der Waals surface area contributed by atoms with Gasteiger partial charge in [-0.15, -0.1) is 0 Å². The van der Waals surface area contributed by atoms with E-state index in [1.807, 2.05) is 31.2 Å². The fraction of sp³-hybridized carbons (Fsp3) is 0.120. The standard InChI is InChI=1S/C25H22FN3O4S/c1-17-7-9-18(10-8-17)21-15-29(22-5-3-4-6-23(22)33-2)25(28-21)34(31,32)16-24(30)27-20-13-11-19(26)12-14-20/h3-15H,16H2,1-2H3,(H,27,30). The van der Waals surface area contributed by atoms with Crippen LogP contribution in [0.15, 0.2) is 84.1 Å². The Morgan fingerprint density at radius 3 is 2.38 bits per heavy atom. The molecule has 0 bridgehead atoms. The lowest BCUT2D eigenvalue weighted by Gasteiger charge is -2.12. The number of anilines is 1. The van der Waals surface area contributed by atoms with Crippen LogP contribution in [0.1, 0.15) is 5.56 Å². The molecule has 9 heteroatoms. The highest BCUT2D eigenvalue weighted by Gasteiger charge is 2.28. The van der Waals surface area contributed by atoms with Crippen molar-refractivity contribution in [1.29, 1.82) is 0 Å². The number of para-hydroxylation sites is 2. The Bertz CT molecular complexity index is 1430. The number of hydrogen-bond donors (Lipinski definition) is 1. The quantitative estimate of drug-likeness (QED) is 0.424. The number of halogens is 1. The molecule has 0 saturated heterocycles. The first-order chi connectivity index (χ1) is 16.3. The first-order valence-corrected chi connectivity index (χ1v) is 12.0. The summed E-state index contributed by atoms with van der Waals surface area (Å²) in [6, 6.07) is 19.5. The molecule has 4 rings (SSSR count). The van der Waals surface area contributed by atoms with Crippen molar-refractivity contribution in [3.63, 3.8) is 0 Å². The average Bonchev–Trinajstić information content (AvgIpc) is 3.27. The first kappa shape index (κ1) is 23.2. The van der Waals surface area contributed by atoms with Crippen LogP contribution in [0.2, 0.25) is 0 Å². The molecule has 0 radical (unpaired) electrons. The summed E-state index contributed by atoms with van der Waals surface area (Å²) in [5.74, 6) is -1.63. The number of aryl methyl sites for hydroxylation is 1. The van der Waals surface area contributed by atoms with Crippen LogP contribution in [0.25, 0.3) is 16.9 Å². The van der Waals surface area contributed by atoms with E-state index in [4.69, 9.17) is 4.74 Å². The molecule has 1 N–H and O–H groups in total. The average molecular weight is 480 g/mol. The largest absolute Gasteiger partial charge is 0.495 e. The van der Waals surface area contributed by atoms with Gasteiger partial charge in [0.2, 0.25) is 20.9 Å². The molecule has 0 unspecified atom stereocenters. The molecule has 0 spiro atoms. The Hall–Kier alpha value is -3.98. The van der Waals surface area contributed by atoms with E-state index in [-0.39, 0.29) is 10.8 Å². The third-order valence-electron chi connectivity index (χ3n) is 5.09. The maximum atomic E-state index is 13.3. The van der Waals surface area contributed by atoms with Gasteiger partial charge < -0.3 is 10.1 Å². The predicted molar refractivity (Wildman–Crippen MR) is 127 cm³/mol. The molecule has 0 saturated carbocycles. The summed E-state index contributed by atoms with van der Waals surface area (Å²) in [5.41, 5.74) is 2.97. The van der Waals surface area contributed by atoms with Gasteiger partial charge in [-0.2, -0.15) is 0 Å². The predicted octanol–water partition coefficient (Wildman–Crippen LogP) is 4.41. The van der Waals surface area contributed by atoms with Crippen LogP contribution in [-0.4, -0.2) is 36.7 Å². The second-order valence-electron chi connectivity index (χ2n) is 7.63. The molecule has 4 aromatic rings. The molecular weight excluding hydrogens is 457 g/mol. The van der Waals surface area contributed by atoms with E-state index in [9.17, 15) is 17.6 Å². The number of carbonyl (C=O) groups excluding carboxylic acids is 1. The summed E-state index contributed by atoms with van der Waals surface area (Å²) < 4.78 is 46.6. The summed E-state index contributed by atoms with van der Waals surface area (Å²) in [5, 5.41) is 2.19. The number of imidazole rings is 1. The lowest BCUT2D eigenvalue weighted by atomic mass is 10.1. The van der Waals surface area contributed by atoms with E-state index in [2.05, 4.69) is 10.3 Å². The van der Waals surface area contributed by atoms with Gasteiger partial charge in [-0.3, -0.25) is 9.36 Å². The zero-order valence-electron chi connectivity index (χ0n) is 18.5. The number of methoxy groups -OCH3 is 1. The minimum atomic E-state index is -4.18. The molecule has 1 aromatic heterocycles. The zero-order chi connectivity index (χ0) is 24.3. The van der Waals surface area contributed by atoms with Crippen molar-refractivity contribution in [2.24, 2.45) is 0 Å². The molecule has 0 aliphatic heterocycles. The molecule has 174 valence electrons. The molecular formula is C25H22FN3O4S. The molecule has 0 fully saturated rings. The molecule has 34 heavy (non-hydrogen) atoms. The maximum Gasteiger partial charge on any atom is 0.240 e. The van der Waals surface area contributed by atoms with Crippen LogP contribution in [0.5, 0.6) is 5.75 Å². The number of nitrogens with one attached hydrogen (secondary N) is 1. The molecule has 0 aliphatic rings. The SMILES string of the molecule is COc1ccccc1-n1cc(-c2ccc(C)cc2)nc1S(=O)(=O)CC(=O)Nc1ccc(F)cc1. The van der Waals surface area contributed by atoms with E-state index in [1.165, 1.54) is 35.9 Å². The van der Waals surface area contributed by atoms with Gasteiger partial charge in [0.05, 0.1) is 18.5 Å². The van der Waals surface area contributed by atoms with Gasteiger partial charge in [0.1, 0.15) is 17.3 Å². The van der Waals surface area contributed by atoms with Crippen molar-refractivity contribution < 1.29 is 22.3 Å². The highest BCUT2D eigenvalue weighted by atomic mass is 32.2. The highest BCUT2D eigenvalue weighted by molar-refractivity contribution is 7.92. The van der Waals surface area contributed by atoms with Crippen LogP contribution in [0.4, 0.5) is 10.1 Å². The number of amides is 1. The summed E-state index contributed by atoms with van der Waals surface area (Å²) in [6.45, 7) is 1.95. The van der Waals surface area contributed by atoms with Crippen molar-refractivity contribution in [3.8, 4) is 22.7 Å². The number of sulfone groups is 1. The smallest absolute Gasteiger partial charge is 0.240 e. The van der Waals surface area contributed by atoms with Crippen LogP contribution < -0.4 is 10.1 Å². The molecule has 1 amide bonds. The zero-order valence-corrected chi connectivity index (χ0v) is 19.3. The maximum absolute atomic E-state index is 13.3. The lowest BCUT2D eigenvalue weighted by Crippen LogP contribution is -2.25. The summed E-state index contributed by atoms with van der Waals surface area (Å²) >= 11 is 0. The van der Waals surface area contributed by atoms with Gasteiger partial charge in [0.25, 0.3) is 0 Å². The van der Waals surface area contributed by atoms with Crippen molar-refractivity contribution in [2.75, 3.05) is 18.2 Å². The van der Waals surface area contributed by atoms with Gasteiger partial charge in [0.15, 0.2) is 0 Å². The van der Waals surface area contributed by atoms with E-state index in [0.29, 0.717) is 17.1 Å². The Morgan fingerprint density at radius 2 is 1.71 bits per heavy atom. The minimum absolute atomic E-state index is 0.287. The fourth-order valence-corrected chi connectivity index (χ4v) is 4.65. The molecule has 3 aromatic carbocycles. The number of benzene rings is 3. The molecule has 0 atom stereocenters. The monoisotopic (exact) mass is 479 g/mol. The Labute approximate surface area is 196 Å². The second-order valence-corrected chi connectivity index (χ2v) is 9.51. The van der Waals surface area contributed by atoms with Gasteiger partial charge >= 0.3 is 0 Å².